The average molecular weight is 403 g/mol. The molecule has 5 rings (SSSR count). The van der Waals surface area contributed by atoms with Gasteiger partial charge in [0, 0.05) is 37.6 Å². The average Bonchev–Trinajstić information content (AvgIpc) is 3.21. The minimum atomic E-state index is 0.282. The molecule has 1 saturated heterocycles. The molecule has 1 saturated carbocycles. The lowest BCUT2D eigenvalue weighted by atomic mass is 9.49. The van der Waals surface area contributed by atoms with Gasteiger partial charge in [-0.2, -0.15) is 0 Å². The fraction of sp³-hybridized carbons (Fsp3) is 0.696. The maximum Gasteiger partial charge on any atom is 0.228 e. The van der Waals surface area contributed by atoms with Crippen LogP contribution in [0.15, 0.2) is 29.2 Å². The molecule has 154 valence electrons. The first-order valence-electron chi connectivity index (χ1n) is 10.8. The minimum Gasteiger partial charge on any atom is -0.379 e. The van der Waals surface area contributed by atoms with Crippen LogP contribution in [-0.4, -0.2) is 61.6 Å². The smallest absolute Gasteiger partial charge is 0.228 e. The predicted molar refractivity (Wildman–Crippen MR) is 115 cm³/mol. The van der Waals surface area contributed by atoms with Gasteiger partial charge in [-0.3, -0.25) is 9.69 Å². The number of carbonyl (C=O) groups excluding carboxylic acids is 1. The maximum atomic E-state index is 13.1. The van der Waals surface area contributed by atoms with E-state index in [2.05, 4.69) is 41.2 Å². The topological polar surface area (TPSA) is 32.8 Å². The molecule has 1 aromatic rings. The molecule has 2 heterocycles. The van der Waals surface area contributed by atoms with Gasteiger partial charge in [-0.05, 0) is 48.0 Å². The Morgan fingerprint density at radius 1 is 1.36 bits per heavy atom. The number of hydrogen-bond donors (Lipinski definition) is 0. The van der Waals surface area contributed by atoms with Crippen molar-refractivity contribution in [2.24, 2.45) is 17.3 Å². The van der Waals surface area contributed by atoms with Crippen molar-refractivity contribution >= 4 is 17.2 Å². The van der Waals surface area contributed by atoms with Gasteiger partial charge in [-0.1, -0.05) is 31.6 Å². The molecule has 1 amide bonds. The van der Waals surface area contributed by atoms with Gasteiger partial charge in [0.1, 0.15) is 0 Å². The molecule has 2 fully saturated rings. The molecule has 1 aromatic heterocycles. The molecule has 0 radical (unpaired) electrons. The van der Waals surface area contributed by atoms with E-state index in [0.717, 1.165) is 58.3 Å². The van der Waals surface area contributed by atoms with Crippen LogP contribution >= 0.6 is 11.3 Å². The summed E-state index contributed by atoms with van der Waals surface area (Å²) in [5.41, 5.74) is 1.93. The highest BCUT2D eigenvalue weighted by Gasteiger charge is 2.51. The number of morpholine rings is 1. The SMILES string of the molecule is CC1(C)C2CC=C(CN(CCCN3CCOCC3)C(=O)Cc3cccs3)C1C2. The largest absolute Gasteiger partial charge is 0.379 e. The van der Waals surface area contributed by atoms with E-state index in [4.69, 9.17) is 4.74 Å². The van der Waals surface area contributed by atoms with Gasteiger partial charge in [0.2, 0.25) is 5.91 Å². The van der Waals surface area contributed by atoms with Crippen molar-refractivity contribution in [3.8, 4) is 0 Å². The number of hydrogen-bond acceptors (Lipinski definition) is 4. The Bertz CT molecular complexity index is 691. The van der Waals surface area contributed by atoms with Gasteiger partial charge in [0.05, 0.1) is 19.6 Å². The van der Waals surface area contributed by atoms with Gasteiger partial charge >= 0.3 is 0 Å². The fourth-order valence-electron chi connectivity index (χ4n) is 5.15. The molecule has 3 aliphatic carbocycles. The van der Waals surface area contributed by atoms with Crippen molar-refractivity contribution in [3.05, 3.63) is 34.0 Å². The number of nitrogens with zero attached hydrogens (tertiary/aromatic N) is 2. The van der Waals surface area contributed by atoms with E-state index in [0.29, 0.717) is 17.8 Å². The Labute approximate surface area is 173 Å². The molecule has 0 N–H and O–H groups in total. The molecule has 2 unspecified atom stereocenters. The first-order chi connectivity index (χ1) is 13.5. The van der Waals surface area contributed by atoms with Crippen LogP contribution < -0.4 is 0 Å². The lowest BCUT2D eigenvalue weighted by molar-refractivity contribution is -0.130. The van der Waals surface area contributed by atoms with Crippen molar-refractivity contribution in [2.75, 3.05) is 45.9 Å². The van der Waals surface area contributed by atoms with Gasteiger partial charge in [0.15, 0.2) is 0 Å². The summed E-state index contributed by atoms with van der Waals surface area (Å²) in [7, 11) is 0. The summed E-state index contributed by atoms with van der Waals surface area (Å²) in [6.07, 6.45) is 6.54. The number of thiophene rings is 1. The van der Waals surface area contributed by atoms with E-state index in [-0.39, 0.29) is 5.91 Å². The van der Waals surface area contributed by atoms with Crippen LogP contribution in [0.5, 0.6) is 0 Å². The molecule has 4 aliphatic rings. The minimum absolute atomic E-state index is 0.282. The molecular weight excluding hydrogens is 368 g/mol. The summed E-state index contributed by atoms with van der Waals surface area (Å²) in [5, 5.41) is 2.06. The van der Waals surface area contributed by atoms with Crippen molar-refractivity contribution in [3.63, 3.8) is 0 Å². The third-order valence-electron chi connectivity index (χ3n) is 7.22. The third kappa shape index (κ3) is 4.37. The summed E-state index contributed by atoms with van der Waals surface area (Å²) in [4.78, 5) is 18.9. The lowest BCUT2D eigenvalue weighted by Gasteiger charge is -2.57. The summed E-state index contributed by atoms with van der Waals surface area (Å²) in [5.74, 6) is 1.80. The van der Waals surface area contributed by atoms with E-state index in [1.54, 1.807) is 11.3 Å². The Morgan fingerprint density at radius 3 is 2.86 bits per heavy atom. The molecule has 0 spiro atoms. The second-order valence-electron chi connectivity index (χ2n) is 9.20. The molecule has 2 bridgehead atoms. The normalized spacial score (nSPS) is 26.4. The maximum absolute atomic E-state index is 13.1. The molecule has 28 heavy (non-hydrogen) atoms. The molecule has 5 heteroatoms. The standard InChI is InChI=1S/C23H34N2O2S/c1-23(2)19-7-6-18(21(23)15-19)17-25(22(26)16-20-5-3-14-28-20)9-4-8-24-10-12-27-13-11-24/h3,5-6,14,19,21H,4,7-13,15-17H2,1-2H3. The number of ether oxygens (including phenoxy) is 1. The van der Waals surface area contributed by atoms with Crippen LogP contribution in [0.2, 0.25) is 0 Å². The van der Waals surface area contributed by atoms with Crippen molar-refractivity contribution in [2.45, 2.75) is 39.5 Å². The lowest BCUT2D eigenvalue weighted by Crippen LogP contribution is -2.50. The van der Waals surface area contributed by atoms with E-state index in [1.807, 2.05) is 6.07 Å². The molecule has 1 aliphatic heterocycles. The first kappa shape index (κ1) is 20.1. The van der Waals surface area contributed by atoms with Crippen LogP contribution in [0, 0.1) is 17.3 Å². The monoisotopic (exact) mass is 402 g/mol. The Morgan fingerprint density at radius 2 is 2.18 bits per heavy atom. The zero-order chi connectivity index (χ0) is 19.6. The van der Waals surface area contributed by atoms with Crippen LogP contribution in [0.1, 0.15) is 38.0 Å². The summed E-state index contributed by atoms with van der Waals surface area (Å²) in [6.45, 7) is 11.3. The highest BCUT2D eigenvalue weighted by molar-refractivity contribution is 7.10. The van der Waals surface area contributed by atoms with Crippen LogP contribution in [0.25, 0.3) is 0 Å². The van der Waals surface area contributed by atoms with Crippen LogP contribution in [0.3, 0.4) is 0 Å². The number of fused-ring (bicyclic) bond motifs is 1. The summed E-state index contributed by atoms with van der Waals surface area (Å²) >= 11 is 1.69. The van der Waals surface area contributed by atoms with Crippen LogP contribution in [0.4, 0.5) is 0 Å². The Balaban J connectivity index is 1.37. The van der Waals surface area contributed by atoms with E-state index in [1.165, 1.54) is 23.3 Å². The van der Waals surface area contributed by atoms with E-state index < -0.39 is 0 Å². The molecular formula is C23H34N2O2S. The van der Waals surface area contributed by atoms with Crippen molar-refractivity contribution in [1.82, 2.24) is 9.80 Å². The number of amides is 1. The fourth-order valence-corrected chi connectivity index (χ4v) is 5.85. The summed E-state index contributed by atoms with van der Waals surface area (Å²) in [6, 6.07) is 4.12. The third-order valence-corrected chi connectivity index (χ3v) is 8.10. The van der Waals surface area contributed by atoms with E-state index in [9.17, 15) is 4.79 Å². The Hall–Kier alpha value is -1.17. The van der Waals surface area contributed by atoms with Gasteiger partial charge in [-0.25, -0.2) is 0 Å². The number of carbonyl (C=O) groups is 1. The van der Waals surface area contributed by atoms with Crippen molar-refractivity contribution in [1.29, 1.82) is 0 Å². The Kier molecular flexibility index (Phi) is 6.24. The highest BCUT2D eigenvalue weighted by atomic mass is 32.1. The van der Waals surface area contributed by atoms with Gasteiger partial charge < -0.3 is 9.64 Å². The predicted octanol–water partition coefficient (Wildman–Crippen LogP) is 3.83. The second-order valence-corrected chi connectivity index (χ2v) is 10.2. The first-order valence-corrected chi connectivity index (χ1v) is 11.7. The van der Waals surface area contributed by atoms with Gasteiger partial charge in [0.25, 0.3) is 0 Å². The quantitative estimate of drug-likeness (QED) is 0.620. The second kappa shape index (κ2) is 8.68. The van der Waals surface area contributed by atoms with E-state index >= 15 is 0 Å². The number of rotatable bonds is 8. The molecule has 4 nitrogen and oxygen atoms in total. The molecule has 2 atom stereocenters. The van der Waals surface area contributed by atoms with Crippen molar-refractivity contribution < 1.29 is 9.53 Å². The zero-order valence-corrected chi connectivity index (χ0v) is 18.2. The zero-order valence-electron chi connectivity index (χ0n) is 17.4. The number of allylic oxidation sites excluding steroid dienone is 1. The highest BCUT2D eigenvalue weighted by Crippen LogP contribution is 2.59. The van der Waals surface area contributed by atoms with Gasteiger partial charge in [-0.15, -0.1) is 11.3 Å². The summed E-state index contributed by atoms with van der Waals surface area (Å²) < 4.78 is 5.45. The molecule has 0 aromatic carbocycles. The van der Waals surface area contributed by atoms with Crippen LogP contribution in [-0.2, 0) is 16.0 Å².